The van der Waals surface area contributed by atoms with Crippen LogP contribution in [-0.4, -0.2) is 13.4 Å². The van der Waals surface area contributed by atoms with Crippen LogP contribution in [0, 0.1) is 6.92 Å². The molecule has 2 rings (SSSR count). The number of rotatable bonds is 4. The molecule has 0 saturated carbocycles. The number of sulfonamides is 1. The summed E-state index contributed by atoms with van der Waals surface area (Å²) >= 11 is 0. The minimum atomic E-state index is -3.64. The number of aryl methyl sites for hydroxylation is 1. The molecule has 2 aromatic rings. The second-order valence-corrected chi connectivity index (χ2v) is 5.87. The molecule has 3 N–H and O–H groups in total. The van der Waals surface area contributed by atoms with Gasteiger partial charge >= 0.3 is 0 Å². The first kappa shape index (κ1) is 13.5. The van der Waals surface area contributed by atoms with E-state index in [0.29, 0.717) is 0 Å². The maximum absolute atomic E-state index is 12.1. The van der Waals surface area contributed by atoms with Crippen molar-refractivity contribution in [2.45, 2.75) is 18.4 Å². The van der Waals surface area contributed by atoms with E-state index in [1.54, 1.807) is 6.07 Å². The number of nitrogens with two attached hydrogens (primary N) is 1. The van der Waals surface area contributed by atoms with Gasteiger partial charge in [0, 0.05) is 12.7 Å². The van der Waals surface area contributed by atoms with E-state index in [0.717, 1.165) is 11.1 Å². The predicted octanol–water partition coefficient (Wildman–Crippen LogP) is 1.45. The zero-order valence-corrected chi connectivity index (χ0v) is 11.3. The van der Waals surface area contributed by atoms with Crippen LogP contribution in [0.3, 0.4) is 0 Å². The summed E-state index contributed by atoms with van der Waals surface area (Å²) in [6, 6.07) is 10.6. The Morgan fingerprint density at radius 3 is 2.63 bits per heavy atom. The molecule has 0 saturated heterocycles. The lowest BCUT2D eigenvalue weighted by atomic mass is 10.1. The molecule has 6 heteroatoms. The van der Waals surface area contributed by atoms with E-state index in [4.69, 9.17) is 5.73 Å². The topological polar surface area (TPSA) is 85.1 Å². The molecule has 0 aliphatic rings. The average molecular weight is 277 g/mol. The molecule has 0 amide bonds. The highest BCUT2D eigenvalue weighted by Crippen LogP contribution is 2.15. The van der Waals surface area contributed by atoms with Gasteiger partial charge in [-0.3, -0.25) is 0 Å². The fourth-order valence-corrected chi connectivity index (χ4v) is 2.78. The van der Waals surface area contributed by atoms with Gasteiger partial charge in [-0.15, -0.1) is 0 Å². The van der Waals surface area contributed by atoms with Crippen molar-refractivity contribution in [3.8, 4) is 0 Å². The fraction of sp³-hybridized carbons (Fsp3) is 0.154. The Kier molecular flexibility index (Phi) is 3.82. The van der Waals surface area contributed by atoms with Crippen molar-refractivity contribution >= 4 is 15.8 Å². The molecule has 0 fully saturated rings. The smallest absolute Gasteiger partial charge is 0.244 e. The molecule has 0 bridgehead atoms. The molecule has 0 spiro atoms. The van der Waals surface area contributed by atoms with E-state index in [2.05, 4.69) is 9.71 Å². The van der Waals surface area contributed by atoms with Crippen molar-refractivity contribution in [3.05, 3.63) is 53.7 Å². The van der Waals surface area contributed by atoms with Crippen molar-refractivity contribution in [2.75, 3.05) is 5.73 Å². The van der Waals surface area contributed by atoms with E-state index in [-0.39, 0.29) is 17.3 Å². The van der Waals surface area contributed by atoms with Crippen LogP contribution in [0.25, 0.3) is 0 Å². The van der Waals surface area contributed by atoms with Crippen molar-refractivity contribution in [3.63, 3.8) is 0 Å². The number of hydrogen-bond acceptors (Lipinski definition) is 4. The lowest BCUT2D eigenvalue weighted by Gasteiger charge is -2.09. The minimum absolute atomic E-state index is 0.000200. The highest BCUT2D eigenvalue weighted by atomic mass is 32.2. The fourth-order valence-electron chi connectivity index (χ4n) is 1.69. The Morgan fingerprint density at radius 1 is 1.21 bits per heavy atom. The van der Waals surface area contributed by atoms with Gasteiger partial charge in [0.15, 0.2) is 0 Å². The summed E-state index contributed by atoms with van der Waals surface area (Å²) in [5, 5.41) is 0. The maximum Gasteiger partial charge on any atom is 0.244 e. The number of aromatic nitrogens is 1. The second-order valence-electron chi connectivity index (χ2n) is 4.14. The molecule has 0 unspecified atom stereocenters. The van der Waals surface area contributed by atoms with Crippen LogP contribution in [0.2, 0.25) is 0 Å². The Hall–Kier alpha value is -1.92. The van der Waals surface area contributed by atoms with Gasteiger partial charge in [-0.05, 0) is 30.2 Å². The summed E-state index contributed by atoms with van der Waals surface area (Å²) in [6.45, 7) is 2.16. The molecule has 0 radical (unpaired) electrons. The van der Waals surface area contributed by atoms with Gasteiger partial charge in [0.25, 0.3) is 0 Å². The third kappa shape index (κ3) is 3.10. The number of hydrogen-bond donors (Lipinski definition) is 2. The van der Waals surface area contributed by atoms with E-state index in [1.807, 2.05) is 31.2 Å². The zero-order valence-electron chi connectivity index (χ0n) is 10.5. The van der Waals surface area contributed by atoms with Crippen LogP contribution in [-0.2, 0) is 16.6 Å². The number of nitrogens with one attached hydrogen (secondary N) is 1. The molecular formula is C13H15N3O2S. The zero-order chi connectivity index (χ0) is 13.9. The molecule has 0 aliphatic heterocycles. The molecule has 0 atom stereocenters. The molecular weight excluding hydrogens is 262 g/mol. The second kappa shape index (κ2) is 5.38. The number of nitrogens with zero attached hydrogens (tertiary/aromatic N) is 1. The van der Waals surface area contributed by atoms with Crippen molar-refractivity contribution in [1.29, 1.82) is 0 Å². The van der Waals surface area contributed by atoms with Gasteiger partial charge in [0.2, 0.25) is 10.0 Å². The first-order chi connectivity index (χ1) is 9.00. The van der Waals surface area contributed by atoms with Gasteiger partial charge in [0.1, 0.15) is 10.7 Å². The molecule has 0 aliphatic carbocycles. The largest absolute Gasteiger partial charge is 0.383 e. The van der Waals surface area contributed by atoms with Crippen LogP contribution < -0.4 is 10.5 Å². The summed E-state index contributed by atoms with van der Waals surface area (Å²) in [5.41, 5.74) is 7.53. The van der Waals surface area contributed by atoms with Crippen molar-refractivity contribution < 1.29 is 8.42 Å². The summed E-state index contributed by atoms with van der Waals surface area (Å²) < 4.78 is 26.7. The quantitative estimate of drug-likeness (QED) is 0.885. The highest BCUT2D eigenvalue weighted by Gasteiger charge is 2.17. The van der Waals surface area contributed by atoms with Crippen LogP contribution in [0.1, 0.15) is 11.1 Å². The monoisotopic (exact) mass is 277 g/mol. The molecule has 1 heterocycles. The summed E-state index contributed by atoms with van der Waals surface area (Å²) in [7, 11) is -3.64. The standard InChI is InChI=1S/C13H15N3O2S/c1-10-5-2-3-6-11(10)9-16-19(17,18)12-7-4-8-15-13(12)14/h2-8,16H,9H2,1H3,(H2,14,15). The molecule has 100 valence electrons. The summed E-state index contributed by atoms with van der Waals surface area (Å²) in [4.78, 5) is 3.78. The van der Waals surface area contributed by atoms with Crippen LogP contribution in [0.4, 0.5) is 5.82 Å². The SMILES string of the molecule is Cc1ccccc1CNS(=O)(=O)c1cccnc1N. The molecule has 19 heavy (non-hydrogen) atoms. The normalized spacial score (nSPS) is 11.4. The van der Waals surface area contributed by atoms with Crippen LogP contribution in [0.15, 0.2) is 47.5 Å². The van der Waals surface area contributed by atoms with Gasteiger partial charge in [0.05, 0.1) is 0 Å². The number of pyridine rings is 1. The predicted molar refractivity (Wildman–Crippen MR) is 73.9 cm³/mol. The van der Waals surface area contributed by atoms with Crippen molar-refractivity contribution in [2.24, 2.45) is 0 Å². The first-order valence-corrected chi connectivity index (χ1v) is 7.24. The molecule has 1 aromatic heterocycles. The van der Waals surface area contributed by atoms with Crippen LogP contribution >= 0.6 is 0 Å². The first-order valence-electron chi connectivity index (χ1n) is 5.75. The van der Waals surface area contributed by atoms with Gasteiger partial charge < -0.3 is 5.73 Å². The molecule has 5 nitrogen and oxygen atoms in total. The summed E-state index contributed by atoms with van der Waals surface area (Å²) in [6.07, 6.45) is 1.45. The Labute approximate surface area is 112 Å². The number of benzene rings is 1. The summed E-state index contributed by atoms with van der Waals surface area (Å²) in [5.74, 6) is -0.000200. The lowest BCUT2D eigenvalue weighted by Crippen LogP contribution is -2.24. The third-order valence-electron chi connectivity index (χ3n) is 2.80. The Morgan fingerprint density at radius 2 is 1.95 bits per heavy atom. The van der Waals surface area contributed by atoms with Crippen molar-refractivity contribution in [1.82, 2.24) is 9.71 Å². The number of anilines is 1. The van der Waals surface area contributed by atoms with E-state index >= 15 is 0 Å². The molecule has 1 aromatic carbocycles. The third-order valence-corrected chi connectivity index (χ3v) is 4.25. The van der Waals surface area contributed by atoms with Gasteiger partial charge in [-0.25, -0.2) is 18.1 Å². The maximum atomic E-state index is 12.1. The lowest BCUT2D eigenvalue weighted by molar-refractivity contribution is 0.581. The van der Waals surface area contributed by atoms with Gasteiger partial charge in [-0.1, -0.05) is 24.3 Å². The van der Waals surface area contributed by atoms with E-state index in [9.17, 15) is 8.42 Å². The minimum Gasteiger partial charge on any atom is -0.383 e. The van der Waals surface area contributed by atoms with E-state index < -0.39 is 10.0 Å². The van der Waals surface area contributed by atoms with Crippen LogP contribution in [0.5, 0.6) is 0 Å². The van der Waals surface area contributed by atoms with Gasteiger partial charge in [-0.2, -0.15) is 0 Å². The average Bonchev–Trinajstić information content (AvgIpc) is 2.38. The van der Waals surface area contributed by atoms with E-state index in [1.165, 1.54) is 12.3 Å². The highest BCUT2D eigenvalue weighted by molar-refractivity contribution is 7.89. The Bertz CT molecular complexity index is 684. The Balaban J connectivity index is 2.20. The number of nitrogen functional groups attached to an aromatic ring is 1.